The predicted molar refractivity (Wildman–Crippen MR) is 125 cm³/mol. The number of rotatable bonds is 7. The van der Waals surface area contributed by atoms with Crippen LogP contribution in [0.3, 0.4) is 0 Å². The summed E-state index contributed by atoms with van der Waals surface area (Å²) >= 11 is 0. The van der Waals surface area contributed by atoms with Crippen LogP contribution in [0.5, 0.6) is 5.75 Å². The second kappa shape index (κ2) is 10.3. The third-order valence-electron chi connectivity index (χ3n) is 4.85. The SMILES string of the molecule is CNC(=O)c1cccc(C)c1Nc1nc(Nc2ccc(NC(C)=O)cc2OC)ncc1C(F)(F)F. The van der Waals surface area contributed by atoms with E-state index in [-0.39, 0.29) is 23.1 Å². The smallest absolute Gasteiger partial charge is 0.421 e. The summed E-state index contributed by atoms with van der Waals surface area (Å²) in [5, 5.41) is 10.6. The average Bonchev–Trinajstić information content (AvgIpc) is 2.79. The molecule has 0 aliphatic rings. The van der Waals surface area contributed by atoms with Gasteiger partial charge in [0, 0.05) is 31.9 Å². The first-order chi connectivity index (χ1) is 16.5. The van der Waals surface area contributed by atoms with Gasteiger partial charge in [0.25, 0.3) is 5.91 Å². The van der Waals surface area contributed by atoms with E-state index in [1.165, 1.54) is 33.2 Å². The van der Waals surface area contributed by atoms with Crippen molar-refractivity contribution in [2.45, 2.75) is 20.0 Å². The molecule has 4 N–H and O–H groups in total. The minimum atomic E-state index is -4.76. The largest absolute Gasteiger partial charge is 0.494 e. The van der Waals surface area contributed by atoms with Gasteiger partial charge in [-0.2, -0.15) is 18.2 Å². The third-order valence-corrected chi connectivity index (χ3v) is 4.85. The van der Waals surface area contributed by atoms with E-state index >= 15 is 0 Å². The molecule has 2 aromatic carbocycles. The van der Waals surface area contributed by atoms with Gasteiger partial charge >= 0.3 is 6.18 Å². The summed E-state index contributed by atoms with van der Waals surface area (Å²) in [5.41, 5.74) is 0.596. The van der Waals surface area contributed by atoms with E-state index in [9.17, 15) is 22.8 Å². The number of carbonyl (C=O) groups excluding carboxylic acids is 2. The zero-order valence-electron chi connectivity index (χ0n) is 19.3. The monoisotopic (exact) mass is 488 g/mol. The maximum Gasteiger partial charge on any atom is 0.421 e. The van der Waals surface area contributed by atoms with E-state index in [1.807, 2.05) is 0 Å². The van der Waals surface area contributed by atoms with E-state index in [4.69, 9.17) is 4.74 Å². The summed E-state index contributed by atoms with van der Waals surface area (Å²) in [6.45, 7) is 3.01. The van der Waals surface area contributed by atoms with Crippen LogP contribution in [0.4, 0.5) is 42.0 Å². The molecule has 0 saturated heterocycles. The number of nitrogens with one attached hydrogen (secondary N) is 4. The molecular formula is C23H23F3N6O3. The Labute approximate surface area is 199 Å². The Kier molecular flexibility index (Phi) is 7.43. The first kappa shape index (κ1) is 25.3. The third kappa shape index (κ3) is 5.96. The van der Waals surface area contributed by atoms with Crippen LogP contribution in [0.15, 0.2) is 42.6 Å². The van der Waals surface area contributed by atoms with Gasteiger partial charge in [0.15, 0.2) is 0 Å². The fourth-order valence-electron chi connectivity index (χ4n) is 3.22. The molecule has 35 heavy (non-hydrogen) atoms. The molecule has 9 nitrogen and oxygen atoms in total. The number of carbonyl (C=O) groups is 2. The van der Waals surface area contributed by atoms with Gasteiger partial charge < -0.3 is 26.0 Å². The molecule has 3 rings (SSSR count). The fourth-order valence-corrected chi connectivity index (χ4v) is 3.22. The molecule has 0 aliphatic heterocycles. The zero-order chi connectivity index (χ0) is 25.8. The van der Waals surface area contributed by atoms with Crippen LogP contribution in [0.2, 0.25) is 0 Å². The first-order valence-corrected chi connectivity index (χ1v) is 10.3. The van der Waals surface area contributed by atoms with Gasteiger partial charge in [0.1, 0.15) is 17.1 Å². The fraction of sp³-hybridized carbons (Fsp3) is 0.217. The Morgan fingerprint density at radius 3 is 2.46 bits per heavy atom. The number of anilines is 5. The highest BCUT2D eigenvalue weighted by molar-refractivity contribution is 6.01. The normalized spacial score (nSPS) is 10.9. The quantitative estimate of drug-likeness (QED) is 0.383. The molecule has 12 heteroatoms. The van der Waals surface area contributed by atoms with Crippen molar-refractivity contribution in [2.75, 3.05) is 30.1 Å². The van der Waals surface area contributed by atoms with Crippen molar-refractivity contribution in [3.8, 4) is 5.75 Å². The summed E-state index contributed by atoms with van der Waals surface area (Å²) in [4.78, 5) is 31.4. The summed E-state index contributed by atoms with van der Waals surface area (Å²) in [6.07, 6.45) is -4.11. The Bertz CT molecular complexity index is 1260. The van der Waals surface area contributed by atoms with Gasteiger partial charge in [-0.05, 0) is 30.7 Å². The van der Waals surface area contributed by atoms with E-state index < -0.39 is 23.5 Å². The number of aryl methyl sites for hydroxylation is 1. The lowest BCUT2D eigenvalue weighted by Gasteiger charge is -2.18. The molecule has 0 bridgehead atoms. The van der Waals surface area contributed by atoms with Crippen LogP contribution in [-0.4, -0.2) is 35.9 Å². The standard InChI is InChI=1S/C23H23F3N6O3/c1-12-6-5-7-15(21(34)27-3)19(12)31-20-16(23(24,25)26)11-28-22(32-20)30-17-9-8-14(29-13(2)33)10-18(17)35-4/h5-11H,1-4H3,(H,27,34)(H,29,33)(H2,28,30,31,32). The van der Waals surface area contributed by atoms with Crippen LogP contribution in [0, 0.1) is 6.92 Å². The van der Waals surface area contributed by atoms with Crippen molar-refractivity contribution in [3.63, 3.8) is 0 Å². The van der Waals surface area contributed by atoms with Gasteiger partial charge in [-0.3, -0.25) is 9.59 Å². The van der Waals surface area contributed by atoms with Crippen molar-refractivity contribution in [1.29, 1.82) is 0 Å². The van der Waals surface area contributed by atoms with Gasteiger partial charge in [-0.25, -0.2) is 4.98 Å². The highest BCUT2D eigenvalue weighted by Crippen LogP contribution is 2.37. The Morgan fingerprint density at radius 2 is 1.83 bits per heavy atom. The van der Waals surface area contributed by atoms with Gasteiger partial charge in [0.2, 0.25) is 11.9 Å². The number of benzene rings is 2. The van der Waals surface area contributed by atoms with Crippen molar-refractivity contribution >= 4 is 40.6 Å². The molecule has 1 aromatic heterocycles. The topological polar surface area (TPSA) is 117 Å². The molecule has 0 saturated carbocycles. The second-order valence-corrected chi connectivity index (χ2v) is 7.38. The van der Waals surface area contributed by atoms with E-state index in [2.05, 4.69) is 31.2 Å². The van der Waals surface area contributed by atoms with E-state index in [0.717, 1.165) is 0 Å². The number of hydrogen-bond acceptors (Lipinski definition) is 7. The van der Waals surface area contributed by atoms with Crippen LogP contribution in [0.25, 0.3) is 0 Å². The highest BCUT2D eigenvalue weighted by atomic mass is 19.4. The van der Waals surface area contributed by atoms with Gasteiger partial charge in [-0.15, -0.1) is 0 Å². The second-order valence-electron chi connectivity index (χ2n) is 7.38. The zero-order valence-corrected chi connectivity index (χ0v) is 19.3. The van der Waals surface area contributed by atoms with E-state index in [1.54, 1.807) is 31.2 Å². The summed E-state index contributed by atoms with van der Waals surface area (Å²) in [7, 11) is 2.82. The number of nitrogens with zero attached hydrogens (tertiary/aromatic N) is 2. The number of methoxy groups -OCH3 is 1. The van der Waals surface area contributed by atoms with Crippen LogP contribution < -0.4 is 26.0 Å². The molecule has 1 heterocycles. The number of amides is 2. The number of halogens is 3. The summed E-state index contributed by atoms with van der Waals surface area (Å²) < 4.78 is 46.5. The van der Waals surface area contributed by atoms with Crippen LogP contribution in [-0.2, 0) is 11.0 Å². The minimum Gasteiger partial charge on any atom is -0.494 e. The Balaban J connectivity index is 2.03. The molecule has 0 aliphatic carbocycles. The van der Waals surface area contributed by atoms with Crippen molar-refractivity contribution in [2.24, 2.45) is 0 Å². The molecule has 0 radical (unpaired) electrons. The summed E-state index contributed by atoms with van der Waals surface area (Å²) in [6, 6.07) is 9.45. The van der Waals surface area contributed by atoms with Crippen molar-refractivity contribution in [3.05, 3.63) is 59.3 Å². The number of hydrogen-bond donors (Lipinski definition) is 4. The Hall–Kier alpha value is -4.35. The lowest BCUT2D eigenvalue weighted by Crippen LogP contribution is -2.20. The van der Waals surface area contributed by atoms with Gasteiger partial charge in [-0.1, -0.05) is 12.1 Å². The van der Waals surface area contributed by atoms with Crippen LogP contribution >= 0.6 is 0 Å². The summed E-state index contributed by atoms with van der Waals surface area (Å²) in [5.74, 6) is -1.14. The molecule has 0 atom stereocenters. The number of aromatic nitrogens is 2. The first-order valence-electron chi connectivity index (χ1n) is 10.3. The minimum absolute atomic E-state index is 0.152. The lowest BCUT2D eigenvalue weighted by atomic mass is 10.1. The predicted octanol–water partition coefficient (Wildman–Crippen LogP) is 4.62. The Morgan fingerprint density at radius 1 is 1.09 bits per heavy atom. The van der Waals surface area contributed by atoms with E-state index in [0.29, 0.717) is 28.9 Å². The number of para-hydroxylation sites is 1. The molecule has 0 spiro atoms. The molecule has 0 fully saturated rings. The molecule has 0 unspecified atom stereocenters. The maximum atomic E-state index is 13.7. The van der Waals surface area contributed by atoms with Gasteiger partial charge in [0.05, 0.1) is 24.0 Å². The number of ether oxygens (including phenoxy) is 1. The molecule has 2 amide bonds. The van der Waals surface area contributed by atoms with Crippen molar-refractivity contribution < 1.29 is 27.5 Å². The highest BCUT2D eigenvalue weighted by Gasteiger charge is 2.36. The average molecular weight is 488 g/mol. The van der Waals surface area contributed by atoms with Crippen LogP contribution in [0.1, 0.15) is 28.4 Å². The molecule has 3 aromatic rings. The van der Waals surface area contributed by atoms with Crippen molar-refractivity contribution in [1.82, 2.24) is 15.3 Å². The molecule has 184 valence electrons. The number of alkyl halides is 3. The molecular weight excluding hydrogens is 465 g/mol. The lowest BCUT2D eigenvalue weighted by molar-refractivity contribution is -0.137. The maximum absolute atomic E-state index is 13.7.